The lowest BCUT2D eigenvalue weighted by Crippen LogP contribution is -2.26. The monoisotopic (exact) mass is 290 g/mol. The maximum absolute atomic E-state index is 13.1. The largest absolute Gasteiger partial charge is 0.350 e. The molecule has 0 unspecified atom stereocenters. The molecule has 1 amide bonds. The molecule has 0 aliphatic rings. The first-order chi connectivity index (χ1) is 9.72. The number of amides is 1. The molecule has 0 saturated heterocycles. The summed E-state index contributed by atoms with van der Waals surface area (Å²) in [5, 5.41) is 4.45. The number of fused-ring (bicyclic) bond motifs is 1. The highest BCUT2D eigenvalue weighted by Crippen LogP contribution is 2.12. The van der Waals surface area contributed by atoms with Crippen molar-refractivity contribution in [3.05, 3.63) is 46.4 Å². The van der Waals surface area contributed by atoms with E-state index in [0.717, 1.165) is 0 Å². The number of imidazole rings is 1. The van der Waals surface area contributed by atoms with E-state index in [1.54, 1.807) is 17.0 Å². The van der Waals surface area contributed by atoms with Crippen LogP contribution in [0.2, 0.25) is 0 Å². The summed E-state index contributed by atoms with van der Waals surface area (Å²) in [6, 6.07) is 4.40. The fourth-order valence-corrected chi connectivity index (χ4v) is 2.39. The second-order valence-electron chi connectivity index (χ2n) is 4.22. The second kappa shape index (κ2) is 5.38. The molecule has 0 atom stereocenters. The quantitative estimate of drug-likeness (QED) is 0.773. The van der Waals surface area contributed by atoms with Gasteiger partial charge >= 0.3 is 0 Å². The van der Waals surface area contributed by atoms with Gasteiger partial charge < -0.3 is 10.3 Å². The number of nitrogens with one attached hydrogen (secondary N) is 2. The third kappa shape index (κ3) is 2.67. The average Bonchev–Trinajstić information content (AvgIpc) is 3.06. The van der Waals surface area contributed by atoms with Crippen LogP contribution in [0.5, 0.6) is 0 Å². The number of aromatic amines is 1. The predicted molar refractivity (Wildman–Crippen MR) is 74.2 cm³/mol. The smallest absolute Gasteiger partial charge is 0.270 e. The highest BCUT2D eigenvalue weighted by molar-refractivity contribution is 7.07. The molecule has 0 aliphatic carbocycles. The van der Waals surface area contributed by atoms with Crippen LogP contribution in [0.4, 0.5) is 4.39 Å². The number of thiazole rings is 1. The molecule has 3 rings (SSSR count). The van der Waals surface area contributed by atoms with Crippen molar-refractivity contribution >= 4 is 28.3 Å². The molecule has 0 spiro atoms. The second-order valence-corrected chi connectivity index (χ2v) is 4.94. The molecule has 0 bridgehead atoms. The molecule has 3 aromatic rings. The Morgan fingerprint density at radius 2 is 2.35 bits per heavy atom. The zero-order valence-electron chi connectivity index (χ0n) is 10.4. The van der Waals surface area contributed by atoms with E-state index in [-0.39, 0.29) is 11.7 Å². The van der Waals surface area contributed by atoms with Gasteiger partial charge in [-0.2, -0.15) is 0 Å². The van der Waals surface area contributed by atoms with Crippen LogP contribution in [-0.4, -0.2) is 27.4 Å². The minimum atomic E-state index is -0.301. The lowest BCUT2D eigenvalue weighted by molar-refractivity contribution is 0.0950. The van der Waals surface area contributed by atoms with Crippen molar-refractivity contribution < 1.29 is 9.18 Å². The number of aromatic nitrogens is 3. The van der Waals surface area contributed by atoms with Crippen LogP contribution in [0.1, 0.15) is 16.3 Å². The van der Waals surface area contributed by atoms with Gasteiger partial charge in [-0.1, -0.05) is 0 Å². The molecule has 2 heterocycles. The van der Waals surface area contributed by atoms with Gasteiger partial charge in [-0.25, -0.2) is 14.4 Å². The molecule has 2 aromatic heterocycles. The van der Waals surface area contributed by atoms with Gasteiger partial charge in [-0.3, -0.25) is 4.79 Å². The highest BCUT2D eigenvalue weighted by atomic mass is 32.1. The summed E-state index contributed by atoms with van der Waals surface area (Å²) in [6.07, 6.45) is 0.548. The molecule has 0 fully saturated rings. The Hall–Kier alpha value is -2.28. The summed E-state index contributed by atoms with van der Waals surface area (Å²) in [7, 11) is 0. The number of hydrogen-bond donors (Lipinski definition) is 2. The lowest BCUT2D eigenvalue weighted by atomic mass is 10.3. The Morgan fingerprint density at radius 3 is 3.15 bits per heavy atom. The molecule has 1 aromatic carbocycles. The summed E-state index contributed by atoms with van der Waals surface area (Å²) < 4.78 is 13.1. The minimum absolute atomic E-state index is 0.201. The van der Waals surface area contributed by atoms with Crippen molar-refractivity contribution in [1.29, 1.82) is 0 Å². The van der Waals surface area contributed by atoms with Crippen molar-refractivity contribution in [1.82, 2.24) is 20.3 Å². The van der Waals surface area contributed by atoms with Crippen LogP contribution < -0.4 is 5.32 Å². The van der Waals surface area contributed by atoms with Gasteiger partial charge in [0.25, 0.3) is 5.91 Å². The molecule has 7 heteroatoms. The minimum Gasteiger partial charge on any atom is -0.350 e. The van der Waals surface area contributed by atoms with Gasteiger partial charge in [0.05, 0.1) is 16.5 Å². The highest BCUT2D eigenvalue weighted by Gasteiger charge is 2.08. The summed E-state index contributed by atoms with van der Waals surface area (Å²) in [5.41, 5.74) is 3.41. The zero-order chi connectivity index (χ0) is 13.9. The number of nitrogens with zero attached hydrogens (tertiary/aromatic N) is 2. The molecular weight excluding hydrogens is 279 g/mol. The fraction of sp³-hybridized carbons (Fsp3) is 0.154. The lowest BCUT2D eigenvalue weighted by Gasteiger charge is -2.00. The van der Waals surface area contributed by atoms with E-state index in [1.165, 1.54) is 23.5 Å². The first kappa shape index (κ1) is 12.7. The first-order valence-electron chi connectivity index (χ1n) is 6.03. The number of carbonyl (C=O) groups excluding carboxylic acids is 1. The van der Waals surface area contributed by atoms with Crippen molar-refractivity contribution in [2.45, 2.75) is 6.42 Å². The van der Waals surface area contributed by atoms with Crippen LogP contribution in [0.3, 0.4) is 0 Å². The Bertz CT molecular complexity index is 738. The Kier molecular flexibility index (Phi) is 3.42. The number of carbonyl (C=O) groups is 1. The van der Waals surface area contributed by atoms with Crippen LogP contribution in [0, 0.1) is 5.82 Å². The van der Waals surface area contributed by atoms with E-state index in [1.807, 2.05) is 0 Å². The van der Waals surface area contributed by atoms with E-state index in [4.69, 9.17) is 0 Å². The van der Waals surface area contributed by atoms with Crippen LogP contribution in [0.15, 0.2) is 29.1 Å². The summed E-state index contributed by atoms with van der Waals surface area (Å²) in [6.45, 7) is 0.443. The van der Waals surface area contributed by atoms with E-state index >= 15 is 0 Å². The molecule has 102 valence electrons. The van der Waals surface area contributed by atoms with Gasteiger partial charge in [-0.15, -0.1) is 11.3 Å². The van der Waals surface area contributed by atoms with E-state index in [9.17, 15) is 9.18 Å². The van der Waals surface area contributed by atoms with Crippen LogP contribution in [-0.2, 0) is 6.42 Å². The maximum Gasteiger partial charge on any atom is 0.270 e. The number of H-pyrrole nitrogens is 1. The summed E-state index contributed by atoms with van der Waals surface area (Å²) in [5.74, 6) is 0.210. The molecule has 5 nitrogen and oxygen atoms in total. The normalized spacial score (nSPS) is 10.8. The van der Waals surface area contributed by atoms with E-state index < -0.39 is 0 Å². The van der Waals surface area contributed by atoms with E-state index in [0.29, 0.717) is 35.5 Å². The van der Waals surface area contributed by atoms with Gasteiger partial charge in [0, 0.05) is 18.3 Å². The van der Waals surface area contributed by atoms with Crippen molar-refractivity contribution in [3.63, 3.8) is 0 Å². The van der Waals surface area contributed by atoms with Crippen molar-refractivity contribution in [2.75, 3.05) is 6.54 Å². The van der Waals surface area contributed by atoms with Gasteiger partial charge in [0.1, 0.15) is 17.3 Å². The van der Waals surface area contributed by atoms with Crippen molar-refractivity contribution in [3.8, 4) is 0 Å². The Balaban J connectivity index is 1.61. The van der Waals surface area contributed by atoms with Gasteiger partial charge in [-0.05, 0) is 18.2 Å². The third-order valence-electron chi connectivity index (χ3n) is 2.81. The number of benzene rings is 1. The molecule has 0 radical (unpaired) electrons. The fourth-order valence-electron chi connectivity index (χ4n) is 1.86. The third-order valence-corrected chi connectivity index (χ3v) is 3.39. The zero-order valence-corrected chi connectivity index (χ0v) is 11.2. The number of halogens is 1. The topological polar surface area (TPSA) is 70.7 Å². The first-order valence-corrected chi connectivity index (χ1v) is 6.97. The van der Waals surface area contributed by atoms with Crippen LogP contribution in [0.25, 0.3) is 11.0 Å². The van der Waals surface area contributed by atoms with Gasteiger partial charge in [0.2, 0.25) is 0 Å². The van der Waals surface area contributed by atoms with Crippen molar-refractivity contribution in [2.24, 2.45) is 0 Å². The average molecular weight is 290 g/mol. The molecule has 0 saturated carbocycles. The maximum atomic E-state index is 13.1. The standard InChI is InChI=1S/C13H11FN4OS/c14-8-1-2-9-10(5-8)18-12(17-9)3-4-15-13(19)11-6-20-7-16-11/h1-2,5-7H,3-4H2,(H,15,19)(H,17,18). The molecule has 20 heavy (non-hydrogen) atoms. The molecule has 2 N–H and O–H groups in total. The molecular formula is C13H11FN4OS. The Labute approximate surface area is 117 Å². The summed E-state index contributed by atoms with van der Waals surface area (Å²) in [4.78, 5) is 22.9. The van der Waals surface area contributed by atoms with Crippen LogP contribution >= 0.6 is 11.3 Å². The number of rotatable bonds is 4. The SMILES string of the molecule is O=C(NCCc1nc2ccc(F)cc2[nH]1)c1cscn1. The van der Waals surface area contributed by atoms with E-state index in [2.05, 4.69) is 20.3 Å². The predicted octanol–water partition coefficient (Wildman–Crippen LogP) is 2.13. The molecule has 0 aliphatic heterocycles. The van der Waals surface area contributed by atoms with Gasteiger partial charge in [0.15, 0.2) is 0 Å². The summed E-state index contributed by atoms with van der Waals surface area (Å²) >= 11 is 1.38. The Morgan fingerprint density at radius 1 is 1.45 bits per heavy atom. The number of hydrogen-bond acceptors (Lipinski definition) is 4.